The summed E-state index contributed by atoms with van der Waals surface area (Å²) in [5.74, 6) is -0.0835. The SMILES string of the molecule is COc1ccc(C(NC(=O)c2cc(F)ccc2Br)c2ccccc2)cc1. The Balaban J connectivity index is 1.95. The van der Waals surface area contributed by atoms with Crippen molar-refractivity contribution in [1.82, 2.24) is 5.32 Å². The lowest BCUT2D eigenvalue weighted by Gasteiger charge is -2.20. The number of hydrogen-bond acceptors (Lipinski definition) is 2. The van der Waals surface area contributed by atoms with Gasteiger partial charge in [-0.1, -0.05) is 42.5 Å². The molecular formula is C21H17BrFNO2. The summed E-state index contributed by atoms with van der Waals surface area (Å²) in [6, 6.07) is 20.8. The van der Waals surface area contributed by atoms with Crippen LogP contribution in [0.2, 0.25) is 0 Å². The standard InChI is InChI=1S/C21H17BrFNO2/c1-26-17-10-7-15(8-11-17)20(14-5-3-2-4-6-14)24-21(25)18-13-16(23)9-12-19(18)22/h2-13,20H,1H3,(H,24,25). The summed E-state index contributed by atoms with van der Waals surface area (Å²) in [6.07, 6.45) is 0. The van der Waals surface area contributed by atoms with Crippen molar-refractivity contribution in [2.75, 3.05) is 7.11 Å². The lowest BCUT2D eigenvalue weighted by molar-refractivity contribution is 0.0941. The molecule has 5 heteroatoms. The molecule has 3 aromatic rings. The van der Waals surface area contributed by atoms with Crippen LogP contribution in [0.15, 0.2) is 77.3 Å². The average Bonchev–Trinajstić information content (AvgIpc) is 2.68. The zero-order chi connectivity index (χ0) is 18.5. The molecule has 3 aromatic carbocycles. The maximum absolute atomic E-state index is 13.6. The van der Waals surface area contributed by atoms with Gasteiger partial charge in [0.2, 0.25) is 0 Å². The number of rotatable bonds is 5. The van der Waals surface area contributed by atoms with Crippen LogP contribution in [0.25, 0.3) is 0 Å². The van der Waals surface area contributed by atoms with Crippen molar-refractivity contribution < 1.29 is 13.9 Å². The quantitative estimate of drug-likeness (QED) is 0.630. The molecule has 0 heterocycles. The van der Waals surface area contributed by atoms with E-state index in [4.69, 9.17) is 4.74 Å². The van der Waals surface area contributed by atoms with Crippen molar-refractivity contribution >= 4 is 21.8 Å². The van der Waals surface area contributed by atoms with Crippen LogP contribution in [0, 0.1) is 5.82 Å². The minimum Gasteiger partial charge on any atom is -0.497 e. The molecule has 0 radical (unpaired) electrons. The minimum absolute atomic E-state index is 0.249. The molecule has 3 rings (SSSR count). The number of nitrogens with one attached hydrogen (secondary N) is 1. The summed E-state index contributed by atoms with van der Waals surface area (Å²) in [7, 11) is 1.60. The van der Waals surface area contributed by atoms with Crippen LogP contribution in [-0.4, -0.2) is 13.0 Å². The fourth-order valence-corrected chi connectivity index (χ4v) is 3.11. The third-order valence-corrected chi connectivity index (χ3v) is 4.72. The van der Waals surface area contributed by atoms with Gasteiger partial charge in [-0.25, -0.2) is 4.39 Å². The predicted octanol–water partition coefficient (Wildman–Crippen LogP) is 5.12. The molecule has 0 saturated carbocycles. The highest BCUT2D eigenvalue weighted by Gasteiger charge is 2.19. The Hall–Kier alpha value is -2.66. The van der Waals surface area contributed by atoms with E-state index in [9.17, 15) is 9.18 Å². The van der Waals surface area contributed by atoms with Gasteiger partial charge in [-0.3, -0.25) is 4.79 Å². The summed E-state index contributed by atoms with van der Waals surface area (Å²) in [5.41, 5.74) is 2.08. The first-order valence-corrected chi connectivity index (χ1v) is 8.82. The Bertz CT molecular complexity index is 898. The maximum atomic E-state index is 13.6. The van der Waals surface area contributed by atoms with E-state index in [1.54, 1.807) is 7.11 Å². The highest BCUT2D eigenvalue weighted by Crippen LogP contribution is 2.26. The molecule has 0 saturated heterocycles. The Morgan fingerprint density at radius 1 is 1.00 bits per heavy atom. The van der Waals surface area contributed by atoms with Crippen molar-refractivity contribution in [1.29, 1.82) is 0 Å². The summed E-state index contributed by atoms with van der Waals surface area (Å²) in [4.78, 5) is 12.8. The van der Waals surface area contributed by atoms with Crippen LogP contribution in [0.1, 0.15) is 27.5 Å². The number of halogens is 2. The molecular weight excluding hydrogens is 397 g/mol. The van der Waals surface area contributed by atoms with E-state index in [-0.39, 0.29) is 17.5 Å². The topological polar surface area (TPSA) is 38.3 Å². The normalized spacial score (nSPS) is 11.7. The maximum Gasteiger partial charge on any atom is 0.253 e. The van der Waals surface area contributed by atoms with Gasteiger partial charge in [0.1, 0.15) is 11.6 Å². The largest absolute Gasteiger partial charge is 0.497 e. The van der Waals surface area contributed by atoms with Gasteiger partial charge in [0, 0.05) is 4.47 Å². The highest BCUT2D eigenvalue weighted by atomic mass is 79.9. The molecule has 1 atom stereocenters. The monoisotopic (exact) mass is 413 g/mol. The number of methoxy groups -OCH3 is 1. The molecule has 1 N–H and O–H groups in total. The smallest absolute Gasteiger partial charge is 0.253 e. The van der Waals surface area contributed by atoms with Crippen molar-refractivity contribution in [3.63, 3.8) is 0 Å². The third kappa shape index (κ3) is 4.11. The molecule has 0 bridgehead atoms. The molecule has 0 spiro atoms. The number of carbonyl (C=O) groups excluding carboxylic acids is 1. The summed E-state index contributed by atoms with van der Waals surface area (Å²) < 4.78 is 19.3. The Kier molecular flexibility index (Phi) is 5.68. The lowest BCUT2D eigenvalue weighted by atomic mass is 9.98. The number of carbonyl (C=O) groups is 1. The van der Waals surface area contributed by atoms with E-state index < -0.39 is 5.82 Å². The van der Waals surface area contributed by atoms with Gasteiger partial charge >= 0.3 is 0 Å². The van der Waals surface area contributed by atoms with Crippen molar-refractivity contribution in [3.05, 3.63) is 99.8 Å². The van der Waals surface area contributed by atoms with Crippen molar-refractivity contribution in [2.24, 2.45) is 0 Å². The van der Waals surface area contributed by atoms with Gasteiger partial charge in [0.05, 0.1) is 18.7 Å². The third-order valence-electron chi connectivity index (χ3n) is 4.03. The first kappa shape index (κ1) is 18.1. The second-order valence-corrected chi connectivity index (χ2v) is 6.57. The van der Waals surface area contributed by atoms with Gasteiger partial charge in [0.25, 0.3) is 5.91 Å². The van der Waals surface area contributed by atoms with Gasteiger partial charge in [0.15, 0.2) is 0 Å². The van der Waals surface area contributed by atoms with E-state index in [0.717, 1.165) is 16.9 Å². The zero-order valence-electron chi connectivity index (χ0n) is 14.1. The van der Waals surface area contributed by atoms with Crippen LogP contribution >= 0.6 is 15.9 Å². The lowest BCUT2D eigenvalue weighted by Crippen LogP contribution is -2.29. The molecule has 1 amide bonds. The van der Waals surface area contributed by atoms with Gasteiger partial charge in [-0.2, -0.15) is 0 Å². The van der Waals surface area contributed by atoms with Crippen LogP contribution in [0.5, 0.6) is 5.75 Å². The summed E-state index contributed by atoms with van der Waals surface area (Å²) in [6.45, 7) is 0. The first-order chi connectivity index (χ1) is 12.6. The van der Waals surface area contributed by atoms with Crippen LogP contribution in [0.3, 0.4) is 0 Å². The fourth-order valence-electron chi connectivity index (χ4n) is 2.68. The molecule has 26 heavy (non-hydrogen) atoms. The molecule has 0 aliphatic rings. The Morgan fingerprint density at radius 2 is 1.65 bits per heavy atom. The van der Waals surface area contributed by atoms with Gasteiger partial charge < -0.3 is 10.1 Å². The number of amides is 1. The molecule has 3 nitrogen and oxygen atoms in total. The van der Waals surface area contributed by atoms with E-state index in [1.165, 1.54) is 18.2 Å². The average molecular weight is 414 g/mol. The van der Waals surface area contributed by atoms with Crippen LogP contribution in [-0.2, 0) is 0 Å². The molecule has 1 unspecified atom stereocenters. The molecule has 0 aliphatic carbocycles. The van der Waals surface area contributed by atoms with Gasteiger partial charge in [-0.05, 0) is 57.4 Å². The van der Waals surface area contributed by atoms with Crippen LogP contribution in [0.4, 0.5) is 4.39 Å². The Labute approximate surface area is 159 Å². The zero-order valence-corrected chi connectivity index (χ0v) is 15.7. The second kappa shape index (κ2) is 8.15. The summed E-state index contributed by atoms with van der Waals surface area (Å²) >= 11 is 3.31. The van der Waals surface area contributed by atoms with E-state index in [1.807, 2.05) is 54.6 Å². The van der Waals surface area contributed by atoms with Crippen LogP contribution < -0.4 is 10.1 Å². The molecule has 0 fully saturated rings. The number of ether oxygens (including phenoxy) is 1. The number of hydrogen-bond donors (Lipinski definition) is 1. The highest BCUT2D eigenvalue weighted by molar-refractivity contribution is 9.10. The Morgan fingerprint density at radius 3 is 2.31 bits per heavy atom. The van der Waals surface area contributed by atoms with E-state index in [2.05, 4.69) is 21.2 Å². The van der Waals surface area contributed by atoms with Crippen molar-refractivity contribution in [3.8, 4) is 5.75 Å². The van der Waals surface area contributed by atoms with E-state index in [0.29, 0.717) is 4.47 Å². The molecule has 132 valence electrons. The van der Waals surface area contributed by atoms with E-state index >= 15 is 0 Å². The summed E-state index contributed by atoms with van der Waals surface area (Å²) in [5, 5.41) is 2.99. The first-order valence-electron chi connectivity index (χ1n) is 8.03. The second-order valence-electron chi connectivity index (χ2n) is 5.71. The number of benzene rings is 3. The fraction of sp³-hybridized carbons (Fsp3) is 0.0952. The minimum atomic E-state index is -0.459. The van der Waals surface area contributed by atoms with Gasteiger partial charge in [-0.15, -0.1) is 0 Å². The predicted molar refractivity (Wildman–Crippen MR) is 103 cm³/mol. The molecule has 0 aliphatic heterocycles. The molecule has 0 aromatic heterocycles. The van der Waals surface area contributed by atoms with Crippen molar-refractivity contribution in [2.45, 2.75) is 6.04 Å².